The third-order valence-corrected chi connectivity index (χ3v) is 6.15. The maximum Gasteiger partial charge on any atom is 0.323 e. The van der Waals surface area contributed by atoms with Crippen LogP contribution in [0.4, 0.5) is 11.9 Å². The molecule has 2 saturated heterocycles. The summed E-state index contributed by atoms with van der Waals surface area (Å²) < 4.78 is 13.2. The zero-order valence-corrected chi connectivity index (χ0v) is 17.3. The van der Waals surface area contributed by atoms with E-state index in [9.17, 15) is 4.79 Å². The highest BCUT2D eigenvalue weighted by Gasteiger charge is 2.35. The van der Waals surface area contributed by atoms with Crippen molar-refractivity contribution in [2.45, 2.75) is 44.8 Å². The van der Waals surface area contributed by atoms with Gasteiger partial charge in [0.25, 0.3) is 5.56 Å². The number of hydrogen-bond acceptors (Lipinski definition) is 8. The predicted octanol–water partition coefficient (Wildman–Crippen LogP) is 1.65. The first-order chi connectivity index (χ1) is 14.7. The number of piperidine rings is 1. The smallest absolute Gasteiger partial charge is 0.323 e. The van der Waals surface area contributed by atoms with Gasteiger partial charge in [0.2, 0.25) is 11.9 Å². The van der Waals surface area contributed by atoms with Gasteiger partial charge in [0, 0.05) is 50.5 Å². The van der Waals surface area contributed by atoms with Crippen LogP contribution in [0.15, 0.2) is 23.0 Å². The molecule has 2 fully saturated rings. The lowest BCUT2D eigenvalue weighted by atomic mass is 9.83. The summed E-state index contributed by atoms with van der Waals surface area (Å²) in [5, 5.41) is 3.30. The van der Waals surface area contributed by atoms with Crippen LogP contribution >= 0.6 is 0 Å². The number of ether oxygens (including phenoxy) is 2. The third-order valence-electron chi connectivity index (χ3n) is 6.15. The molecule has 0 unspecified atom stereocenters. The fourth-order valence-electron chi connectivity index (χ4n) is 4.83. The van der Waals surface area contributed by atoms with Crippen LogP contribution in [-0.4, -0.2) is 58.5 Å². The van der Waals surface area contributed by atoms with Crippen molar-refractivity contribution in [2.24, 2.45) is 5.92 Å². The minimum absolute atomic E-state index is 0.0926. The van der Waals surface area contributed by atoms with Gasteiger partial charge < -0.3 is 24.3 Å². The van der Waals surface area contributed by atoms with E-state index in [2.05, 4.69) is 31.2 Å². The normalized spacial score (nSPS) is 25.1. The second kappa shape index (κ2) is 8.22. The molecule has 0 aromatic carbocycles. The molecular weight excluding hydrogens is 384 g/mol. The van der Waals surface area contributed by atoms with Crippen LogP contribution in [-0.2, 0) is 11.3 Å². The molecular formula is C21H28N6O3. The number of nitrogens with zero attached hydrogens (tertiary/aromatic N) is 5. The van der Waals surface area contributed by atoms with Gasteiger partial charge in [-0.15, -0.1) is 0 Å². The standard InChI is InChI=1S/C21H28N6O3/c1-2-29-21-24-19(22-10-16-5-4-8-30-16)23-20(25-21)26-11-14-9-15(13-26)17-6-3-7-18(28)27(17)12-14/h3,6-7,14-16H,2,4-5,8-13H2,1H3,(H,22,23,24,25)/t14-,15-,16-/m0/s1. The van der Waals surface area contributed by atoms with Crippen molar-refractivity contribution in [2.75, 3.05) is 43.1 Å². The molecule has 0 amide bonds. The molecule has 0 aliphatic carbocycles. The van der Waals surface area contributed by atoms with Crippen molar-refractivity contribution in [1.82, 2.24) is 19.5 Å². The zero-order chi connectivity index (χ0) is 20.5. The van der Waals surface area contributed by atoms with Gasteiger partial charge in [0.15, 0.2) is 0 Å². The van der Waals surface area contributed by atoms with Crippen LogP contribution < -0.4 is 20.5 Å². The SMILES string of the molecule is CCOc1nc(NC[C@@H]2CCCO2)nc(N2C[C@@H]3C[C@@H](C2)c2cccc(=O)n2C3)n1. The second-order valence-electron chi connectivity index (χ2n) is 8.29. The maximum absolute atomic E-state index is 12.3. The first-order valence-electron chi connectivity index (χ1n) is 10.9. The fourth-order valence-corrected chi connectivity index (χ4v) is 4.83. The minimum atomic E-state index is 0.0926. The van der Waals surface area contributed by atoms with Crippen LogP contribution in [0.2, 0.25) is 0 Å². The van der Waals surface area contributed by atoms with E-state index in [4.69, 9.17) is 9.47 Å². The van der Waals surface area contributed by atoms with Gasteiger partial charge >= 0.3 is 6.01 Å². The van der Waals surface area contributed by atoms with Crippen LogP contribution in [0.5, 0.6) is 6.01 Å². The average molecular weight is 412 g/mol. The number of pyridine rings is 1. The Morgan fingerprint density at radius 3 is 3.00 bits per heavy atom. The Morgan fingerprint density at radius 1 is 1.23 bits per heavy atom. The van der Waals surface area contributed by atoms with E-state index in [0.29, 0.717) is 42.9 Å². The Labute approximate surface area is 175 Å². The summed E-state index contributed by atoms with van der Waals surface area (Å²) in [5.41, 5.74) is 1.20. The highest BCUT2D eigenvalue weighted by atomic mass is 16.5. The fraction of sp³-hybridized carbons (Fsp3) is 0.619. The van der Waals surface area contributed by atoms with E-state index in [-0.39, 0.29) is 11.7 Å². The van der Waals surface area contributed by atoms with Crippen LogP contribution in [0.1, 0.15) is 37.8 Å². The molecule has 3 aliphatic heterocycles. The van der Waals surface area contributed by atoms with Crippen molar-refractivity contribution < 1.29 is 9.47 Å². The number of fused-ring (bicyclic) bond motifs is 4. The lowest BCUT2D eigenvalue weighted by Gasteiger charge is -2.42. The summed E-state index contributed by atoms with van der Waals surface area (Å²) >= 11 is 0. The Hall–Kier alpha value is -2.68. The molecule has 2 aromatic heterocycles. The number of hydrogen-bond donors (Lipinski definition) is 1. The Bertz CT molecular complexity index is 958. The molecule has 9 nitrogen and oxygen atoms in total. The quantitative estimate of drug-likeness (QED) is 0.765. The van der Waals surface area contributed by atoms with Crippen molar-refractivity contribution in [3.8, 4) is 6.01 Å². The maximum atomic E-state index is 12.3. The van der Waals surface area contributed by atoms with Gasteiger partial charge in [0.1, 0.15) is 0 Å². The summed E-state index contributed by atoms with van der Waals surface area (Å²) in [6.07, 6.45) is 3.44. The van der Waals surface area contributed by atoms with Gasteiger partial charge in [-0.3, -0.25) is 4.79 Å². The molecule has 2 bridgehead atoms. The van der Waals surface area contributed by atoms with Crippen molar-refractivity contribution >= 4 is 11.9 Å². The van der Waals surface area contributed by atoms with E-state index in [0.717, 1.165) is 51.2 Å². The molecule has 160 valence electrons. The highest BCUT2D eigenvalue weighted by molar-refractivity contribution is 5.40. The molecule has 5 heterocycles. The topological polar surface area (TPSA) is 94.4 Å². The Balaban J connectivity index is 1.38. The number of rotatable bonds is 6. The third kappa shape index (κ3) is 3.86. The molecule has 3 aliphatic rings. The molecule has 2 aromatic rings. The van der Waals surface area contributed by atoms with E-state index in [1.165, 1.54) is 0 Å². The van der Waals surface area contributed by atoms with Gasteiger partial charge in [-0.25, -0.2) is 0 Å². The van der Waals surface area contributed by atoms with Crippen molar-refractivity contribution in [3.05, 3.63) is 34.2 Å². The number of anilines is 2. The minimum Gasteiger partial charge on any atom is -0.464 e. The predicted molar refractivity (Wildman–Crippen MR) is 112 cm³/mol. The summed E-state index contributed by atoms with van der Waals surface area (Å²) in [5.74, 6) is 1.84. The summed E-state index contributed by atoms with van der Waals surface area (Å²) in [7, 11) is 0. The molecule has 5 rings (SSSR count). The van der Waals surface area contributed by atoms with Crippen LogP contribution in [0, 0.1) is 5.92 Å². The molecule has 0 spiro atoms. The van der Waals surface area contributed by atoms with Gasteiger partial charge in [-0.2, -0.15) is 15.0 Å². The number of nitrogens with one attached hydrogen (secondary N) is 1. The first kappa shape index (κ1) is 19.3. The average Bonchev–Trinajstić information content (AvgIpc) is 3.27. The summed E-state index contributed by atoms with van der Waals surface area (Å²) in [6, 6.07) is 5.91. The summed E-state index contributed by atoms with van der Waals surface area (Å²) in [6.45, 7) is 6.25. The largest absolute Gasteiger partial charge is 0.464 e. The van der Waals surface area contributed by atoms with Gasteiger partial charge in [-0.1, -0.05) is 6.07 Å². The lowest BCUT2D eigenvalue weighted by Crippen LogP contribution is -2.47. The summed E-state index contributed by atoms with van der Waals surface area (Å²) in [4.78, 5) is 28.2. The van der Waals surface area contributed by atoms with Crippen molar-refractivity contribution in [1.29, 1.82) is 0 Å². The van der Waals surface area contributed by atoms with Gasteiger partial charge in [0.05, 0.1) is 12.7 Å². The van der Waals surface area contributed by atoms with Gasteiger partial charge in [-0.05, 0) is 38.2 Å². The van der Waals surface area contributed by atoms with E-state index < -0.39 is 0 Å². The molecule has 1 N–H and O–H groups in total. The molecule has 0 radical (unpaired) electrons. The van der Waals surface area contributed by atoms with Crippen LogP contribution in [0.3, 0.4) is 0 Å². The van der Waals surface area contributed by atoms with Crippen molar-refractivity contribution in [3.63, 3.8) is 0 Å². The van der Waals surface area contributed by atoms with E-state index >= 15 is 0 Å². The highest BCUT2D eigenvalue weighted by Crippen LogP contribution is 2.36. The second-order valence-corrected chi connectivity index (χ2v) is 8.29. The molecule has 9 heteroatoms. The lowest BCUT2D eigenvalue weighted by molar-refractivity contribution is 0.120. The monoisotopic (exact) mass is 412 g/mol. The molecule has 3 atom stereocenters. The van der Waals surface area contributed by atoms with E-state index in [1.807, 2.05) is 17.6 Å². The van der Waals surface area contributed by atoms with Crippen LogP contribution in [0.25, 0.3) is 0 Å². The molecule has 0 saturated carbocycles. The Kier molecular flexibility index (Phi) is 5.28. The zero-order valence-electron chi connectivity index (χ0n) is 17.3. The first-order valence-corrected chi connectivity index (χ1v) is 10.9. The number of aromatic nitrogens is 4. The van der Waals surface area contributed by atoms with E-state index in [1.54, 1.807) is 6.07 Å². The molecule has 30 heavy (non-hydrogen) atoms. The Morgan fingerprint density at radius 2 is 2.17 bits per heavy atom.